The highest BCUT2D eigenvalue weighted by molar-refractivity contribution is 7.12. The number of allylic oxidation sites excluding steroid dienone is 3. The second kappa shape index (κ2) is 8.33. The van der Waals surface area contributed by atoms with Crippen LogP contribution in [0.1, 0.15) is 44.0 Å². The lowest BCUT2D eigenvalue weighted by Crippen LogP contribution is -2.07. The second-order valence-corrected chi connectivity index (χ2v) is 10.3. The Morgan fingerprint density at radius 3 is 2.00 bits per heavy atom. The van der Waals surface area contributed by atoms with E-state index < -0.39 is 0 Å². The Bertz CT molecular complexity index is 1630. The quantitative estimate of drug-likeness (QED) is 0.251. The summed E-state index contributed by atoms with van der Waals surface area (Å²) in [5, 5.41) is 0. The van der Waals surface area contributed by atoms with Gasteiger partial charge in [-0.15, -0.1) is 11.3 Å². The van der Waals surface area contributed by atoms with Crippen LogP contribution in [-0.4, -0.2) is 15.5 Å². The van der Waals surface area contributed by atoms with Gasteiger partial charge in [0.2, 0.25) is 0 Å². The number of rotatable bonds is 3. The predicted molar refractivity (Wildman–Crippen MR) is 146 cm³/mol. The third-order valence-corrected chi connectivity index (χ3v) is 7.61. The highest BCUT2D eigenvalue weighted by Crippen LogP contribution is 2.45. The van der Waals surface area contributed by atoms with Gasteiger partial charge in [-0.05, 0) is 61.2 Å². The molecule has 0 N–H and O–H groups in total. The standard InChI is InChI=1S/C31H24N2OS/c1-19-18-24(21(3)35-19)20(2)27-29(30-32-25-16-10-11-17-26(25)33(30)31(27)34)28(22-12-6-4-7-13-22)23-14-8-5-9-15-23/h4-18H,1-3H3/b27-20+. The first kappa shape index (κ1) is 21.5. The van der Waals surface area contributed by atoms with Gasteiger partial charge in [0.25, 0.3) is 5.91 Å². The van der Waals surface area contributed by atoms with E-state index in [2.05, 4.69) is 51.1 Å². The summed E-state index contributed by atoms with van der Waals surface area (Å²) in [5.74, 6) is 0.687. The third kappa shape index (κ3) is 3.41. The van der Waals surface area contributed by atoms with Crippen molar-refractivity contribution >= 4 is 45.0 Å². The summed E-state index contributed by atoms with van der Waals surface area (Å²) in [6, 6.07) is 30.7. The molecule has 0 radical (unpaired) electrons. The van der Waals surface area contributed by atoms with Crippen LogP contribution in [0.2, 0.25) is 0 Å². The Balaban J connectivity index is 1.79. The number of carbonyl (C=O) groups excluding carboxylic acids is 1. The number of imidazole rings is 1. The molecule has 2 aromatic heterocycles. The number of hydrogen-bond acceptors (Lipinski definition) is 3. The second-order valence-electron chi connectivity index (χ2n) is 8.87. The summed E-state index contributed by atoms with van der Waals surface area (Å²) >= 11 is 1.76. The van der Waals surface area contributed by atoms with Crippen LogP contribution in [-0.2, 0) is 0 Å². The number of nitrogens with zero attached hydrogens (tertiary/aromatic N) is 2. The number of hydrogen-bond donors (Lipinski definition) is 0. The van der Waals surface area contributed by atoms with Crippen molar-refractivity contribution in [1.29, 1.82) is 0 Å². The van der Waals surface area contributed by atoms with Crippen molar-refractivity contribution in [1.82, 2.24) is 9.55 Å². The molecule has 3 nitrogen and oxygen atoms in total. The van der Waals surface area contributed by atoms with Gasteiger partial charge >= 0.3 is 0 Å². The number of aromatic nitrogens is 2. The van der Waals surface area contributed by atoms with Crippen LogP contribution in [0.4, 0.5) is 0 Å². The third-order valence-electron chi connectivity index (χ3n) is 6.65. The molecule has 0 unspecified atom stereocenters. The van der Waals surface area contributed by atoms with Crippen LogP contribution in [0, 0.1) is 13.8 Å². The van der Waals surface area contributed by atoms with Crippen molar-refractivity contribution in [3.8, 4) is 0 Å². The van der Waals surface area contributed by atoms with E-state index in [9.17, 15) is 4.79 Å². The molecule has 0 saturated heterocycles. The first-order chi connectivity index (χ1) is 17.0. The van der Waals surface area contributed by atoms with E-state index in [1.165, 1.54) is 9.75 Å². The fourth-order valence-electron chi connectivity index (χ4n) is 5.12. The Kier molecular flexibility index (Phi) is 5.12. The summed E-state index contributed by atoms with van der Waals surface area (Å²) < 4.78 is 1.80. The minimum absolute atomic E-state index is 0.0196. The molecular formula is C31H24N2OS. The van der Waals surface area contributed by atoms with Gasteiger partial charge in [0.15, 0.2) is 0 Å². The lowest BCUT2D eigenvalue weighted by atomic mass is 9.87. The molecule has 0 spiro atoms. The maximum Gasteiger partial charge on any atom is 0.265 e. The maximum absolute atomic E-state index is 14.2. The average Bonchev–Trinajstić information content (AvgIpc) is 3.51. The maximum atomic E-state index is 14.2. The van der Waals surface area contributed by atoms with E-state index in [4.69, 9.17) is 4.98 Å². The fraction of sp³-hybridized carbons (Fsp3) is 0.0968. The molecule has 3 aromatic carbocycles. The summed E-state index contributed by atoms with van der Waals surface area (Å²) in [4.78, 5) is 21.7. The lowest BCUT2D eigenvalue weighted by molar-refractivity contribution is 0.0973. The SMILES string of the molecule is C/C(=C1\C(=O)n2c(nc3ccccc32)C1=C(c1ccccc1)c1ccccc1)c1cc(C)sc1C. The number of thiophene rings is 1. The molecule has 5 aromatic rings. The fourth-order valence-corrected chi connectivity index (χ4v) is 6.10. The van der Waals surface area contributed by atoms with Gasteiger partial charge in [-0.2, -0.15) is 0 Å². The average molecular weight is 473 g/mol. The van der Waals surface area contributed by atoms with E-state index in [-0.39, 0.29) is 5.91 Å². The van der Waals surface area contributed by atoms with Gasteiger partial charge in [0.05, 0.1) is 16.6 Å². The minimum Gasteiger partial charge on any atom is -0.268 e. The van der Waals surface area contributed by atoms with Crippen LogP contribution in [0.15, 0.2) is 96.6 Å². The van der Waals surface area contributed by atoms with Crippen molar-refractivity contribution in [2.75, 3.05) is 0 Å². The van der Waals surface area contributed by atoms with Gasteiger partial charge in [-0.3, -0.25) is 9.36 Å². The van der Waals surface area contributed by atoms with Gasteiger partial charge in [-0.25, -0.2) is 4.98 Å². The highest BCUT2D eigenvalue weighted by Gasteiger charge is 2.37. The highest BCUT2D eigenvalue weighted by atomic mass is 32.1. The minimum atomic E-state index is -0.0196. The van der Waals surface area contributed by atoms with Crippen molar-refractivity contribution in [2.24, 2.45) is 0 Å². The van der Waals surface area contributed by atoms with Crippen molar-refractivity contribution in [3.63, 3.8) is 0 Å². The Labute approximate surface area is 208 Å². The van der Waals surface area contributed by atoms with Crippen LogP contribution in [0.5, 0.6) is 0 Å². The summed E-state index contributed by atoms with van der Waals surface area (Å²) in [5.41, 5.74) is 8.55. The summed E-state index contributed by atoms with van der Waals surface area (Å²) in [6.45, 7) is 6.32. The molecule has 0 saturated carbocycles. The molecule has 6 rings (SSSR count). The molecule has 0 amide bonds. The lowest BCUT2D eigenvalue weighted by Gasteiger charge is -2.15. The number of carbonyl (C=O) groups is 1. The van der Waals surface area contributed by atoms with Gasteiger partial charge < -0.3 is 0 Å². The zero-order valence-corrected chi connectivity index (χ0v) is 20.7. The summed E-state index contributed by atoms with van der Waals surface area (Å²) in [6.07, 6.45) is 0. The first-order valence-electron chi connectivity index (χ1n) is 11.7. The molecule has 0 atom stereocenters. The largest absolute Gasteiger partial charge is 0.268 e. The number of benzene rings is 3. The van der Waals surface area contributed by atoms with E-state index in [1.807, 2.05) is 60.7 Å². The smallest absolute Gasteiger partial charge is 0.265 e. The van der Waals surface area contributed by atoms with Gasteiger partial charge in [0, 0.05) is 20.9 Å². The van der Waals surface area contributed by atoms with Crippen LogP contribution < -0.4 is 0 Å². The van der Waals surface area contributed by atoms with Crippen molar-refractivity contribution < 1.29 is 4.79 Å². The molecule has 0 aliphatic carbocycles. The van der Waals surface area contributed by atoms with Crippen molar-refractivity contribution in [3.05, 3.63) is 129 Å². The van der Waals surface area contributed by atoms with Gasteiger partial charge in [-0.1, -0.05) is 72.8 Å². The van der Waals surface area contributed by atoms with E-state index in [0.29, 0.717) is 5.82 Å². The number of fused-ring (bicyclic) bond motifs is 3. The predicted octanol–water partition coefficient (Wildman–Crippen LogP) is 7.80. The topological polar surface area (TPSA) is 34.9 Å². The first-order valence-corrected chi connectivity index (χ1v) is 12.5. The molecule has 35 heavy (non-hydrogen) atoms. The Morgan fingerprint density at radius 1 is 0.800 bits per heavy atom. The Hall–Kier alpha value is -4.02. The molecule has 3 heterocycles. The number of para-hydroxylation sites is 2. The van der Waals surface area contributed by atoms with Crippen LogP contribution >= 0.6 is 11.3 Å². The molecule has 0 fully saturated rings. The normalized spacial score (nSPS) is 14.5. The van der Waals surface area contributed by atoms with Crippen LogP contribution in [0.25, 0.3) is 27.8 Å². The molecule has 0 bridgehead atoms. The van der Waals surface area contributed by atoms with E-state index >= 15 is 0 Å². The molecular weight excluding hydrogens is 448 g/mol. The molecule has 1 aliphatic heterocycles. The van der Waals surface area contributed by atoms with Gasteiger partial charge in [0.1, 0.15) is 5.82 Å². The Morgan fingerprint density at radius 2 is 1.40 bits per heavy atom. The van der Waals surface area contributed by atoms with E-state index in [0.717, 1.165) is 50.0 Å². The summed E-state index contributed by atoms with van der Waals surface area (Å²) in [7, 11) is 0. The monoisotopic (exact) mass is 472 g/mol. The van der Waals surface area contributed by atoms with Crippen molar-refractivity contribution in [2.45, 2.75) is 20.8 Å². The molecule has 4 heteroatoms. The zero-order chi connectivity index (χ0) is 24.1. The van der Waals surface area contributed by atoms with Crippen LogP contribution in [0.3, 0.4) is 0 Å². The zero-order valence-electron chi connectivity index (χ0n) is 19.9. The molecule has 170 valence electrons. The molecule has 1 aliphatic rings. The van der Waals surface area contributed by atoms with E-state index in [1.54, 1.807) is 15.9 Å². The number of aryl methyl sites for hydroxylation is 2.